The molecule has 0 aliphatic rings. The molecule has 0 amide bonds. The molecule has 0 radical (unpaired) electrons. The van der Waals surface area contributed by atoms with Crippen molar-refractivity contribution < 1.29 is 13.2 Å². The standard InChI is InChI=1S/C12H20F3N3/c1-10(4-3-5-12(13,14)15)17-11(2)8-18-7-6-16-9-18/h6-7,9-11,17H,3-5,8H2,1-2H3. The second-order valence-corrected chi connectivity index (χ2v) is 4.74. The topological polar surface area (TPSA) is 29.9 Å². The number of rotatable bonds is 7. The molecule has 2 unspecified atom stereocenters. The van der Waals surface area contributed by atoms with Crippen molar-refractivity contribution >= 4 is 0 Å². The van der Waals surface area contributed by atoms with Gasteiger partial charge in [-0.15, -0.1) is 0 Å². The van der Waals surface area contributed by atoms with Crippen LogP contribution >= 0.6 is 0 Å². The zero-order valence-corrected chi connectivity index (χ0v) is 10.7. The molecule has 1 N–H and O–H groups in total. The lowest BCUT2D eigenvalue weighted by molar-refractivity contribution is -0.135. The fraction of sp³-hybridized carbons (Fsp3) is 0.750. The van der Waals surface area contributed by atoms with Crippen LogP contribution in [0.2, 0.25) is 0 Å². The zero-order valence-electron chi connectivity index (χ0n) is 10.7. The van der Waals surface area contributed by atoms with E-state index in [1.807, 2.05) is 24.6 Å². The van der Waals surface area contributed by atoms with Crippen LogP contribution in [0.1, 0.15) is 33.1 Å². The molecule has 3 nitrogen and oxygen atoms in total. The van der Waals surface area contributed by atoms with Gasteiger partial charge in [0.25, 0.3) is 0 Å². The molecule has 1 heterocycles. The number of halogens is 3. The van der Waals surface area contributed by atoms with Crippen molar-refractivity contribution in [2.24, 2.45) is 0 Å². The van der Waals surface area contributed by atoms with Crippen LogP contribution in [0.5, 0.6) is 0 Å². The van der Waals surface area contributed by atoms with Crippen molar-refractivity contribution in [1.29, 1.82) is 0 Å². The highest BCUT2D eigenvalue weighted by atomic mass is 19.4. The Bertz CT molecular complexity index is 322. The van der Waals surface area contributed by atoms with E-state index < -0.39 is 12.6 Å². The second kappa shape index (κ2) is 6.78. The Labute approximate surface area is 105 Å². The maximum Gasteiger partial charge on any atom is 0.389 e. The molecule has 1 aromatic heterocycles. The fourth-order valence-corrected chi connectivity index (χ4v) is 1.94. The number of hydrogen-bond acceptors (Lipinski definition) is 2. The van der Waals surface area contributed by atoms with Gasteiger partial charge in [0.1, 0.15) is 0 Å². The molecule has 0 saturated carbocycles. The molecule has 1 rings (SSSR count). The molecule has 1 aromatic rings. The van der Waals surface area contributed by atoms with E-state index in [1.54, 1.807) is 12.5 Å². The van der Waals surface area contributed by atoms with E-state index in [9.17, 15) is 13.2 Å². The molecule has 104 valence electrons. The van der Waals surface area contributed by atoms with Crippen molar-refractivity contribution in [2.45, 2.75) is 57.9 Å². The molecule has 18 heavy (non-hydrogen) atoms. The zero-order chi connectivity index (χ0) is 13.6. The lowest BCUT2D eigenvalue weighted by Gasteiger charge is -2.20. The van der Waals surface area contributed by atoms with Gasteiger partial charge in [0.2, 0.25) is 0 Å². The summed E-state index contributed by atoms with van der Waals surface area (Å²) in [7, 11) is 0. The maximum absolute atomic E-state index is 12.0. The first-order valence-electron chi connectivity index (χ1n) is 6.15. The van der Waals surface area contributed by atoms with E-state index in [1.165, 1.54) is 0 Å². The fourth-order valence-electron chi connectivity index (χ4n) is 1.94. The average molecular weight is 263 g/mol. The first-order valence-corrected chi connectivity index (χ1v) is 6.15. The molecule has 0 aromatic carbocycles. The lowest BCUT2D eigenvalue weighted by Crippen LogP contribution is -2.37. The van der Waals surface area contributed by atoms with Gasteiger partial charge in [0, 0.05) is 37.4 Å². The smallest absolute Gasteiger partial charge is 0.336 e. The minimum Gasteiger partial charge on any atom is -0.336 e. The van der Waals surface area contributed by atoms with Gasteiger partial charge in [-0.3, -0.25) is 0 Å². The van der Waals surface area contributed by atoms with Crippen LogP contribution in [-0.4, -0.2) is 27.8 Å². The highest BCUT2D eigenvalue weighted by Gasteiger charge is 2.26. The Kier molecular flexibility index (Phi) is 5.65. The number of nitrogens with one attached hydrogen (secondary N) is 1. The Morgan fingerprint density at radius 2 is 2.00 bits per heavy atom. The van der Waals surface area contributed by atoms with Crippen LogP contribution in [0.15, 0.2) is 18.7 Å². The predicted octanol–water partition coefficient (Wildman–Crippen LogP) is 2.98. The predicted molar refractivity (Wildman–Crippen MR) is 64.2 cm³/mol. The van der Waals surface area contributed by atoms with Gasteiger partial charge in [-0.2, -0.15) is 13.2 Å². The van der Waals surface area contributed by atoms with Crippen LogP contribution in [0.4, 0.5) is 13.2 Å². The van der Waals surface area contributed by atoms with Crippen LogP contribution in [-0.2, 0) is 6.54 Å². The van der Waals surface area contributed by atoms with E-state index in [0.29, 0.717) is 6.42 Å². The highest BCUT2D eigenvalue weighted by Crippen LogP contribution is 2.22. The van der Waals surface area contributed by atoms with Gasteiger partial charge < -0.3 is 9.88 Å². The van der Waals surface area contributed by atoms with E-state index >= 15 is 0 Å². The van der Waals surface area contributed by atoms with Gasteiger partial charge in [-0.05, 0) is 26.7 Å². The van der Waals surface area contributed by atoms with Gasteiger partial charge >= 0.3 is 6.18 Å². The van der Waals surface area contributed by atoms with E-state index in [4.69, 9.17) is 0 Å². The van der Waals surface area contributed by atoms with Gasteiger partial charge in [-0.1, -0.05) is 0 Å². The van der Waals surface area contributed by atoms with Crippen LogP contribution in [0, 0.1) is 0 Å². The molecule has 0 aliphatic carbocycles. The third-order valence-corrected chi connectivity index (χ3v) is 2.71. The van der Waals surface area contributed by atoms with Crippen LogP contribution in [0.3, 0.4) is 0 Å². The monoisotopic (exact) mass is 263 g/mol. The summed E-state index contributed by atoms with van der Waals surface area (Å²) in [6.45, 7) is 4.70. The lowest BCUT2D eigenvalue weighted by atomic mass is 10.1. The summed E-state index contributed by atoms with van der Waals surface area (Å²) >= 11 is 0. The van der Waals surface area contributed by atoms with Gasteiger partial charge in [0.15, 0.2) is 0 Å². The van der Waals surface area contributed by atoms with E-state index in [-0.39, 0.29) is 18.5 Å². The minimum atomic E-state index is -4.04. The Hall–Kier alpha value is -1.04. The normalized spacial score (nSPS) is 15.6. The van der Waals surface area contributed by atoms with E-state index in [2.05, 4.69) is 10.3 Å². The third kappa shape index (κ3) is 6.64. The van der Waals surface area contributed by atoms with Crippen molar-refractivity contribution in [3.63, 3.8) is 0 Å². The number of imidazole rings is 1. The number of aromatic nitrogens is 2. The van der Waals surface area contributed by atoms with Crippen molar-refractivity contribution in [3.05, 3.63) is 18.7 Å². The molecular formula is C12H20F3N3. The summed E-state index contributed by atoms with van der Waals surface area (Å²) in [4.78, 5) is 3.94. The molecule has 0 fully saturated rings. The van der Waals surface area contributed by atoms with Gasteiger partial charge in [-0.25, -0.2) is 4.98 Å². The Morgan fingerprint density at radius 1 is 1.28 bits per heavy atom. The number of nitrogens with zero attached hydrogens (tertiary/aromatic N) is 2. The largest absolute Gasteiger partial charge is 0.389 e. The summed E-state index contributed by atoms with van der Waals surface area (Å²) in [5.74, 6) is 0. The molecular weight excluding hydrogens is 243 g/mol. The second-order valence-electron chi connectivity index (χ2n) is 4.74. The molecule has 2 atom stereocenters. The quantitative estimate of drug-likeness (QED) is 0.819. The van der Waals surface area contributed by atoms with Gasteiger partial charge in [0.05, 0.1) is 6.33 Å². The third-order valence-electron chi connectivity index (χ3n) is 2.71. The molecule has 0 saturated heterocycles. The number of hydrogen-bond donors (Lipinski definition) is 1. The first-order chi connectivity index (χ1) is 8.37. The van der Waals surface area contributed by atoms with Crippen LogP contribution in [0.25, 0.3) is 0 Å². The maximum atomic E-state index is 12.0. The SMILES string of the molecule is CC(CCCC(F)(F)F)NC(C)Cn1ccnc1. The summed E-state index contributed by atoms with van der Waals surface area (Å²) < 4.78 is 37.9. The Balaban J connectivity index is 2.17. The summed E-state index contributed by atoms with van der Waals surface area (Å²) in [6.07, 6.45) is 1.28. The highest BCUT2D eigenvalue weighted by molar-refractivity contribution is 4.77. The number of alkyl halides is 3. The molecule has 6 heteroatoms. The molecule has 0 bridgehead atoms. The molecule has 0 aliphatic heterocycles. The molecule has 0 spiro atoms. The van der Waals surface area contributed by atoms with Crippen LogP contribution < -0.4 is 5.32 Å². The first kappa shape index (κ1) is 15.0. The van der Waals surface area contributed by atoms with Crippen molar-refractivity contribution in [2.75, 3.05) is 0 Å². The summed E-state index contributed by atoms with van der Waals surface area (Å²) in [6, 6.07) is 0.297. The average Bonchev–Trinajstić information content (AvgIpc) is 2.67. The van der Waals surface area contributed by atoms with E-state index in [0.717, 1.165) is 6.54 Å². The van der Waals surface area contributed by atoms with Crippen molar-refractivity contribution in [3.8, 4) is 0 Å². The van der Waals surface area contributed by atoms with Crippen molar-refractivity contribution in [1.82, 2.24) is 14.9 Å². The Morgan fingerprint density at radius 3 is 2.56 bits per heavy atom. The summed E-state index contributed by atoms with van der Waals surface area (Å²) in [5.41, 5.74) is 0. The summed E-state index contributed by atoms with van der Waals surface area (Å²) in [5, 5.41) is 3.29. The minimum absolute atomic E-state index is 0.0888.